The van der Waals surface area contributed by atoms with E-state index in [0.717, 1.165) is 23.3 Å². The molecule has 3 nitrogen and oxygen atoms in total. The van der Waals surface area contributed by atoms with Gasteiger partial charge in [-0.3, -0.25) is 0 Å². The predicted molar refractivity (Wildman–Crippen MR) is 61.7 cm³/mol. The van der Waals surface area contributed by atoms with Crippen LogP contribution in [0.5, 0.6) is 0 Å². The van der Waals surface area contributed by atoms with Gasteiger partial charge in [-0.2, -0.15) is 0 Å². The van der Waals surface area contributed by atoms with Gasteiger partial charge in [-0.1, -0.05) is 6.07 Å². The maximum Gasteiger partial charge on any atom is 0.126 e. The summed E-state index contributed by atoms with van der Waals surface area (Å²) in [4.78, 5) is 15.2. The third-order valence-electron chi connectivity index (χ3n) is 3.11. The summed E-state index contributed by atoms with van der Waals surface area (Å²) in [5, 5.41) is 0. The van der Waals surface area contributed by atoms with E-state index >= 15 is 0 Å². The second-order valence-corrected chi connectivity index (χ2v) is 4.52. The number of carbonyl (C=O) groups is 1. The molecule has 2 heterocycles. The van der Waals surface area contributed by atoms with Crippen LogP contribution < -0.4 is 0 Å². The van der Waals surface area contributed by atoms with Gasteiger partial charge in [0.15, 0.2) is 0 Å². The van der Waals surface area contributed by atoms with Crippen LogP contribution in [0.3, 0.4) is 0 Å². The zero-order valence-electron chi connectivity index (χ0n) is 9.31. The third kappa shape index (κ3) is 1.43. The Balaban J connectivity index is 2.24. The highest BCUT2D eigenvalue weighted by atomic mass is 16.1. The van der Waals surface area contributed by atoms with Gasteiger partial charge in [0.25, 0.3) is 0 Å². The molecule has 1 aliphatic carbocycles. The molecule has 2 aromatic heterocycles. The topological polar surface area (TPSA) is 34.4 Å². The number of fused-ring (bicyclic) bond motifs is 1. The second-order valence-electron chi connectivity index (χ2n) is 4.52. The quantitative estimate of drug-likeness (QED) is 0.734. The van der Waals surface area contributed by atoms with E-state index < -0.39 is 0 Å². The van der Waals surface area contributed by atoms with Gasteiger partial charge in [0.1, 0.15) is 12.1 Å². The molecule has 0 amide bonds. The highest BCUT2D eigenvalue weighted by Gasteiger charge is 2.28. The van der Waals surface area contributed by atoms with Gasteiger partial charge in [-0.25, -0.2) is 4.98 Å². The molecular formula is C13H14N2O. The maximum atomic E-state index is 10.6. The van der Waals surface area contributed by atoms with Gasteiger partial charge < -0.3 is 9.20 Å². The van der Waals surface area contributed by atoms with E-state index in [-0.39, 0.29) is 0 Å². The van der Waals surface area contributed by atoms with Crippen molar-refractivity contribution in [1.82, 2.24) is 9.38 Å². The average Bonchev–Trinajstić information content (AvgIpc) is 3.04. The van der Waals surface area contributed by atoms with E-state index in [4.69, 9.17) is 0 Å². The molecule has 0 unspecified atom stereocenters. The third-order valence-corrected chi connectivity index (χ3v) is 3.11. The Morgan fingerprint density at radius 3 is 3.00 bits per heavy atom. The van der Waals surface area contributed by atoms with Gasteiger partial charge in [-0.05, 0) is 31.4 Å². The molecule has 82 valence electrons. The lowest BCUT2D eigenvalue weighted by atomic mass is 10.2. The summed E-state index contributed by atoms with van der Waals surface area (Å²) in [6, 6.07) is 4.13. The monoisotopic (exact) mass is 214 g/mol. The van der Waals surface area contributed by atoms with E-state index in [1.54, 1.807) is 0 Å². The van der Waals surface area contributed by atoms with E-state index in [1.807, 2.05) is 0 Å². The standard InChI is InChI=1S/C13H14N2O/c1-9-2-5-12-11(6-7-16)14-13(10-3-4-10)15(12)8-9/h2,5,7-8,10H,3-4,6H2,1H3. The van der Waals surface area contributed by atoms with Gasteiger partial charge in [0.05, 0.1) is 11.2 Å². The summed E-state index contributed by atoms with van der Waals surface area (Å²) in [5.41, 5.74) is 3.22. The molecule has 0 spiro atoms. The minimum absolute atomic E-state index is 0.416. The largest absolute Gasteiger partial charge is 0.303 e. The fraction of sp³-hybridized carbons (Fsp3) is 0.385. The van der Waals surface area contributed by atoms with Crippen LogP contribution in [0.25, 0.3) is 5.52 Å². The van der Waals surface area contributed by atoms with E-state index in [9.17, 15) is 4.79 Å². The molecule has 0 radical (unpaired) electrons. The Morgan fingerprint density at radius 2 is 2.31 bits per heavy atom. The van der Waals surface area contributed by atoms with Crippen molar-refractivity contribution >= 4 is 11.8 Å². The predicted octanol–water partition coefficient (Wildman–Crippen LogP) is 2.26. The van der Waals surface area contributed by atoms with Crippen molar-refractivity contribution in [3.05, 3.63) is 35.4 Å². The van der Waals surface area contributed by atoms with E-state index in [2.05, 4.69) is 34.6 Å². The molecule has 2 aromatic rings. The molecule has 0 atom stereocenters. The number of pyridine rings is 1. The average molecular weight is 214 g/mol. The molecule has 16 heavy (non-hydrogen) atoms. The fourth-order valence-corrected chi connectivity index (χ4v) is 2.14. The molecule has 0 saturated heterocycles. The Hall–Kier alpha value is -1.64. The van der Waals surface area contributed by atoms with Crippen LogP contribution in [0.1, 0.15) is 35.8 Å². The number of aromatic nitrogens is 2. The number of carbonyl (C=O) groups excluding carboxylic acids is 1. The number of aryl methyl sites for hydroxylation is 1. The van der Waals surface area contributed by atoms with Gasteiger partial charge >= 0.3 is 0 Å². The zero-order valence-corrected chi connectivity index (χ0v) is 9.31. The number of aldehydes is 1. The molecule has 1 saturated carbocycles. The SMILES string of the molecule is Cc1ccc2c(CC=O)nc(C3CC3)n2c1. The highest BCUT2D eigenvalue weighted by Crippen LogP contribution is 2.40. The van der Waals surface area contributed by atoms with Crippen molar-refractivity contribution in [3.8, 4) is 0 Å². The fourth-order valence-electron chi connectivity index (χ4n) is 2.14. The van der Waals surface area contributed by atoms with Crippen LogP contribution in [0.15, 0.2) is 18.3 Å². The highest BCUT2D eigenvalue weighted by molar-refractivity contribution is 5.63. The Morgan fingerprint density at radius 1 is 1.50 bits per heavy atom. The van der Waals surface area contributed by atoms with Crippen LogP contribution in [0.4, 0.5) is 0 Å². The van der Waals surface area contributed by atoms with Crippen molar-refractivity contribution in [1.29, 1.82) is 0 Å². The molecule has 0 aliphatic heterocycles. The Kier molecular flexibility index (Phi) is 2.06. The van der Waals surface area contributed by atoms with Gasteiger partial charge in [0.2, 0.25) is 0 Å². The molecular weight excluding hydrogens is 200 g/mol. The zero-order chi connectivity index (χ0) is 11.1. The number of imidazole rings is 1. The lowest BCUT2D eigenvalue weighted by molar-refractivity contribution is -0.107. The summed E-state index contributed by atoms with van der Waals surface area (Å²) in [6.45, 7) is 2.08. The molecule has 0 N–H and O–H groups in total. The minimum atomic E-state index is 0.416. The van der Waals surface area contributed by atoms with Crippen molar-refractivity contribution in [2.75, 3.05) is 0 Å². The van der Waals surface area contributed by atoms with Gasteiger partial charge in [-0.15, -0.1) is 0 Å². The minimum Gasteiger partial charge on any atom is -0.303 e. The van der Waals surface area contributed by atoms with Crippen LogP contribution in [-0.2, 0) is 11.2 Å². The first-order valence-corrected chi connectivity index (χ1v) is 5.70. The Labute approximate surface area is 94.1 Å². The van der Waals surface area contributed by atoms with E-state index in [1.165, 1.54) is 18.4 Å². The van der Waals surface area contributed by atoms with Crippen LogP contribution in [0, 0.1) is 6.92 Å². The molecule has 0 bridgehead atoms. The van der Waals surface area contributed by atoms with Crippen molar-refractivity contribution in [2.45, 2.75) is 32.1 Å². The molecule has 3 rings (SSSR count). The lowest BCUT2D eigenvalue weighted by Gasteiger charge is -2.00. The van der Waals surface area contributed by atoms with E-state index in [0.29, 0.717) is 12.3 Å². The van der Waals surface area contributed by atoms with Gasteiger partial charge in [0, 0.05) is 18.5 Å². The first kappa shape index (κ1) is 9.58. The first-order chi connectivity index (χ1) is 7.79. The molecule has 1 fully saturated rings. The first-order valence-electron chi connectivity index (χ1n) is 5.70. The summed E-state index contributed by atoms with van der Waals surface area (Å²) in [7, 11) is 0. The molecule has 0 aromatic carbocycles. The van der Waals surface area contributed by atoms with Crippen LogP contribution in [-0.4, -0.2) is 15.7 Å². The summed E-state index contributed by atoms with van der Waals surface area (Å²) in [5.74, 6) is 1.74. The normalized spacial score (nSPS) is 15.6. The second kappa shape index (κ2) is 3.44. The maximum absolute atomic E-state index is 10.6. The van der Waals surface area contributed by atoms with Crippen LogP contribution >= 0.6 is 0 Å². The van der Waals surface area contributed by atoms with Crippen LogP contribution in [0.2, 0.25) is 0 Å². The molecule has 3 heteroatoms. The number of rotatable bonds is 3. The lowest BCUT2D eigenvalue weighted by Crippen LogP contribution is -1.92. The summed E-state index contributed by atoms with van der Waals surface area (Å²) in [6.07, 6.45) is 5.92. The van der Waals surface area contributed by atoms with Crippen molar-refractivity contribution in [2.24, 2.45) is 0 Å². The molecule has 1 aliphatic rings. The smallest absolute Gasteiger partial charge is 0.126 e. The number of nitrogens with zero attached hydrogens (tertiary/aromatic N) is 2. The summed E-state index contributed by atoms with van der Waals surface area (Å²) >= 11 is 0. The van der Waals surface area contributed by atoms with Crippen molar-refractivity contribution in [3.63, 3.8) is 0 Å². The van der Waals surface area contributed by atoms with Crippen molar-refractivity contribution < 1.29 is 4.79 Å². The number of hydrogen-bond acceptors (Lipinski definition) is 2. The Bertz CT molecular complexity index is 552. The summed E-state index contributed by atoms with van der Waals surface area (Å²) < 4.78 is 2.16. The number of hydrogen-bond donors (Lipinski definition) is 0.